The zero-order chi connectivity index (χ0) is 14.7. The number of halogens is 1. The molecule has 0 aromatic heterocycles. The second-order valence-corrected chi connectivity index (χ2v) is 5.26. The van der Waals surface area contributed by atoms with Gasteiger partial charge in [-0.25, -0.2) is 0 Å². The summed E-state index contributed by atoms with van der Waals surface area (Å²) in [5.41, 5.74) is -1.28. The van der Waals surface area contributed by atoms with E-state index in [1.54, 1.807) is 0 Å². The molecule has 1 spiro atoms. The molecule has 0 bridgehead atoms. The first-order valence-electron chi connectivity index (χ1n) is 5.85. The van der Waals surface area contributed by atoms with E-state index in [0.29, 0.717) is 5.02 Å². The second kappa shape index (κ2) is 3.89. The predicted octanol–water partition coefficient (Wildman–Crippen LogP) is 0.236. The smallest absolute Gasteiger partial charge is 0.260 e. The Morgan fingerprint density at radius 1 is 1.25 bits per heavy atom. The van der Waals surface area contributed by atoms with Gasteiger partial charge in [-0.2, -0.15) is 0 Å². The number of nitrogens with zero attached hydrogens (tertiary/aromatic N) is 1. The van der Waals surface area contributed by atoms with Gasteiger partial charge in [0.2, 0.25) is 17.7 Å². The number of carbonyl (C=O) groups is 4. The lowest BCUT2D eigenvalue weighted by Crippen LogP contribution is -2.56. The molecule has 1 unspecified atom stereocenters. The number of amides is 4. The van der Waals surface area contributed by atoms with Gasteiger partial charge in [-0.15, -0.1) is 0 Å². The topological polar surface area (TPSA) is 83.6 Å². The molecule has 4 amide bonds. The van der Waals surface area contributed by atoms with E-state index < -0.39 is 29.0 Å². The fourth-order valence-electron chi connectivity index (χ4n) is 2.72. The Morgan fingerprint density at radius 3 is 2.55 bits per heavy atom. The van der Waals surface area contributed by atoms with Gasteiger partial charge < -0.3 is 0 Å². The van der Waals surface area contributed by atoms with Crippen molar-refractivity contribution in [2.75, 3.05) is 7.05 Å². The summed E-state index contributed by atoms with van der Waals surface area (Å²) in [6.07, 6.45) is -0.310. The number of hydrogen-bond acceptors (Lipinski definition) is 4. The molecule has 2 aliphatic rings. The lowest BCUT2D eigenvalue weighted by Gasteiger charge is -2.35. The Bertz CT molecular complexity index is 700. The monoisotopic (exact) mass is 292 g/mol. The van der Waals surface area contributed by atoms with Crippen LogP contribution in [-0.4, -0.2) is 35.6 Å². The summed E-state index contributed by atoms with van der Waals surface area (Å²) in [5, 5.41) is 2.42. The highest BCUT2D eigenvalue weighted by Gasteiger charge is 2.59. The fraction of sp³-hybridized carbons (Fsp3) is 0.231. The largest absolute Gasteiger partial charge is 0.295 e. The van der Waals surface area contributed by atoms with E-state index in [1.807, 2.05) is 0 Å². The summed E-state index contributed by atoms with van der Waals surface area (Å²) in [6, 6.07) is 4.36. The lowest BCUT2D eigenvalue weighted by molar-refractivity contribution is -0.140. The Hall–Kier alpha value is -2.21. The van der Waals surface area contributed by atoms with E-state index in [-0.39, 0.29) is 17.5 Å². The number of rotatable bonds is 0. The van der Waals surface area contributed by atoms with Gasteiger partial charge in [-0.05, 0) is 23.8 Å². The number of fused-ring (bicyclic) bond motifs is 2. The lowest BCUT2D eigenvalue weighted by atomic mass is 9.73. The average molecular weight is 293 g/mol. The quantitative estimate of drug-likeness (QED) is 0.548. The van der Waals surface area contributed by atoms with E-state index in [2.05, 4.69) is 5.32 Å². The van der Waals surface area contributed by atoms with Crippen LogP contribution in [0, 0.1) is 0 Å². The molecule has 1 aromatic carbocycles. The van der Waals surface area contributed by atoms with Crippen LogP contribution >= 0.6 is 11.6 Å². The standard InChI is InChI=1S/C13H9ClN2O4/c1-16-10(18)7-3-2-6(14)4-8(7)13(12(16)20)5-9(17)15-11(13)19/h2-4H,5H2,1H3,(H,15,17,19). The average Bonchev–Trinajstić information content (AvgIpc) is 2.70. The number of nitrogens with one attached hydrogen (secondary N) is 1. The molecule has 1 fully saturated rings. The minimum absolute atomic E-state index is 0.196. The highest BCUT2D eigenvalue weighted by molar-refractivity contribution is 6.32. The van der Waals surface area contributed by atoms with E-state index in [9.17, 15) is 19.2 Å². The van der Waals surface area contributed by atoms with Gasteiger partial charge in [0.15, 0.2) is 5.41 Å². The Balaban J connectivity index is 2.35. The fourth-order valence-corrected chi connectivity index (χ4v) is 2.89. The predicted molar refractivity (Wildman–Crippen MR) is 68.0 cm³/mol. The van der Waals surface area contributed by atoms with Gasteiger partial charge in [0.05, 0.1) is 6.42 Å². The Kier molecular flexibility index (Phi) is 2.49. The maximum Gasteiger partial charge on any atom is 0.260 e. The van der Waals surface area contributed by atoms with Crippen LogP contribution in [0.1, 0.15) is 22.3 Å². The molecule has 0 saturated carbocycles. The third-order valence-corrected chi connectivity index (χ3v) is 3.95. The highest BCUT2D eigenvalue weighted by Crippen LogP contribution is 2.41. The van der Waals surface area contributed by atoms with Crippen LogP contribution < -0.4 is 5.32 Å². The van der Waals surface area contributed by atoms with Gasteiger partial charge >= 0.3 is 0 Å². The molecule has 2 aliphatic heterocycles. The van der Waals surface area contributed by atoms with Crippen molar-refractivity contribution < 1.29 is 19.2 Å². The Labute approximate surface area is 118 Å². The van der Waals surface area contributed by atoms with Crippen molar-refractivity contribution in [2.45, 2.75) is 11.8 Å². The normalized spacial score (nSPS) is 25.2. The first-order chi connectivity index (χ1) is 9.37. The molecule has 7 heteroatoms. The van der Waals surface area contributed by atoms with Crippen molar-refractivity contribution in [1.82, 2.24) is 10.2 Å². The van der Waals surface area contributed by atoms with Crippen LogP contribution in [-0.2, 0) is 19.8 Å². The van der Waals surface area contributed by atoms with Crippen LogP contribution in [0.5, 0.6) is 0 Å². The third-order valence-electron chi connectivity index (χ3n) is 3.71. The Morgan fingerprint density at radius 2 is 1.95 bits per heavy atom. The summed E-state index contributed by atoms with van der Waals surface area (Å²) in [4.78, 5) is 49.1. The third kappa shape index (κ3) is 1.39. The highest BCUT2D eigenvalue weighted by atomic mass is 35.5. The van der Waals surface area contributed by atoms with E-state index in [0.717, 1.165) is 4.90 Å². The van der Waals surface area contributed by atoms with E-state index >= 15 is 0 Å². The van der Waals surface area contributed by atoms with Crippen molar-refractivity contribution in [3.05, 3.63) is 34.3 Å². The molecule has 0 aliphatic carbocycles. The van der Waals surface area contributed by atoms with Crippen molar-refractivity contribution in [3.8, 4) is 0 Å². The van der Waals surface area contributed by atoms with Crippen LogP contribution in [0.25, 0.3) is 0 Å². The van der Waals surface area contributed by atoms with E-state index in [4.69, 9.17) is 11.6 Å². The van der Waals surface area contributed by atoms with Gasteiger partial charge in [-0.1, -0.05) is 11.6 Å². The molecule has 2 heterocycles. The molecule has 1 N–H and O–H groups in total. The summed E-state index contributed by atoms with van der Waals surface area (Å²) >= 11 is 5.90. The zero-order valence-electron chi connectivity index (χ0n) is 10.4. The van der Waals surface area contributed by atoms with Gasteiger partial charge in [-0.3, -0.25) is 29.4 Å². The molecular formula is C13H9ClN2O4. The number of carbonyl (C=O) groups excluding carboxylic acids is 4. The van der Waals surface area contributed by atoms with Crippen molar-refractivity contribution >= 4 is 35.2 Å². The summed E-state index contributed by atoms with van der Waals surface area (Å²) < 4.78 is 0. The van der Waals surface area contributed by atoms with Gasteiger partial charge in [0.1, 0.15) is 0 Å². The zero-order valence-corrected chi connectivity index (χ0v) is 11.2. The first-order valence-corrected chi connectivity index (χ1v) is 6.22. The van der Waals surface area contributed by atoms with Crippen molar-refractivity contribution in [2.24, 2.45) is 0 Å². The van der Waals surface area contributed by atoms with Crippen LogP contribution in [0.15, 0.2) is 18.2 Å². The molecule has 1 aromatic rings. The summed E-state index contributed by atoms with van der Waals surface area (Å²) in [6.45, 7) is 0. The number of hydrogen-bond donors (Lipinski definition) is 1. The van der Waals surface area contributed by atoms with Crippen molar-refractivity contribution in [1.29, 1.82) is 0 Å². The van der Waals surface area contributed by atoms with E-state index in [1.165, 1.54) is 25.2 Å². The minimum Gasteiger partial charge on any atom is -0.295 e. The summed E-state index contributed by atoms with van der Waals surface area (Å²) in [5.74, 6) is -2.48. The molecule has 0 radical (unpaired) electrons. The van der Waals surface area contributed by atoms with Gasteiger partial charge in [0.25, 0.3) is 5.91 Å². The van der Waals surface area contributed by atoms with Crippen molar-refractivity contribution in [3.63, 3.8) is 0 Å². The number of benzene rings is 1. The number of imide groups is 2. The van der Waals surface area contributed by atoms with Crippen LogP contribution in [0.2, 0.25) is 5.02 Å². The SMILES string of the molecule is CN1C(=O)c2ccc(Cl)cc2C2(CC(=O)NC2=O)C1=O. The molecule has 3 rings (SSSR count). The molecule has 1 atom stereocenters. The first kappa shape index (κ1) is 12.8. The molecule has 1 saturated heterocycles. The molecule has 102 valence electrons. The molecular weight excluding hydrogens is 284 g/mol. The maximum atomic E-state index is 12.4. The summed E-state index contributed by atoms with van der Waals surface area (Å²) in [7, 11) is 1.29. The maximum absolute atomic E-state index is 12.4. The number of likely N-dealkylation sites (N-methyl/N-ethyl adjacent to an activating group) is 1. The van der Waals surface area contributed by atoms with Crippen LogP contribution in [0.3, 0.4) is 0 Å². The minimum atomic E-state index is -1.68. The van der Waals surface area contributed by atoms with Crippen LogP contribution in [0.4, 0.5) is 0 Å². The molecule has 6 nitrogen and oxygen atoms in total. The second-order valence-electron chi connectivity index (χ2n) is 4.82. The van der Waals surface area contributed by atoms with Gasteiger partial charge in [0, 0.05) is 17.6 Å². The molecule has 20 heavy (non-hydrogen) atoms.